The molecule has 1 aliphatic rings. The monoisotopic (exact) mass is 317 g/mol. The molecule has 1 saturated heterocycles. The molecule has 124 valence electrons. The van der Waals surface area contributed by atoms with Crippen molar-refractivity contribution in [2.75, 3.05) is 13.2 Å². The number of ether oxygens (including phenoxy) is 3. The second-order valence-electron chi connectivity index (χ2n) is 5.77. The van der Waals surface area contributed by atoms with Crippen molar-refractivity contribution in [3.63, 3.8) is 0 Å². The Morgan fingerprint density at radius 3 is 2.48 bits per heavy atom. The van der Waals surface area contributed by atoms with Gasteiger partial charge in [-0.25, -0.2) is 4.79 Å². The molecule has 2 rings (SSSR count). The lowest BCUT2D eigenvalue weighted by atomic mass is 9.91. The van der Waals surface area contributed by atoms with Crippen LogP contribution >= 0.6 is 0 Å². The fraction of sp³-hybridized carbons (Fsp3) is 0.556. The summed E-state index contributed by atoms with van der Waals surface area (Å²) in [6.07, 6.45) is 3.37. The van der Waals surface area contributed by atoms with Gasteiger partial charge in [-0.05, 0) is 37.0 Å². The van der Waals surface area contributed by atoms with E-state index in [-0.39, 0.29) is 19.5 Å². The summed E-state index contributed by atoms with van der Waals surface area (Å²) in [6.45, 7) is 4.15. The van der Waals surface area contributed by atoms with Gasteiger partial charge >= 0.3 is 5.97 Å². The molecule has 1 aromatic rings. The Morgan fingerprint density at radius 2 is 1.96 bits per heavy atom. The van der Waals surface area contributed by atoms with Gasteiger partial charge in [-0.2, -0.15) is 5.26 Å². The number of esters is 1. The second-order valence-corrected chi connectivity index (χ2v) is 5.77. The minimum absolute atomic E-state index is 0.00373. The molecule has 23 heavy (non-hydrogen) atoms. The maximum Gasteiger partial charge on any atom is 0.336 e. The van der Waals surface area contributed by atoms with Gasteiger partial charge in [0, 0.05) is 0 Å². The van der Waals surface area contributed by atoms with Crippen LogP contribution in [0.25, 0.3) is 0 Å². The van der Waals surface area contributed by atoms with E-state index < -0.39 is 11.4 Å². The standard InChI is InChI=1S/C18H23NO4/c1-3-5-6-16-21-12-18(11-19,13-22-16)17(20)23-15-9-7-14(4-2)8-10-15/h7-10,16H,3-6,12-13H2,1-2H3/t16-,18+. The van der Waals surface area contributed by atoms with Crippen LogP contribution in [0.2, 0.25) is 0 Å². The average molecular weight is 317 g/mol. The lowest BCUT2D eigenvalue weighted by molar-refractivity contribution is -0.223. The van der Waals surface area contributed by atoms with Crippen molar-refractivity contribution in [2.45, 2.75) is 45.8 Å². The smallest absolute Gasteiger partial charge is 0.336 e. The lowest BCUT2D eigenvalue weighted by Crippen LogP contribution is -2.48. The third-order valence-electron chi connectivity index (χ3n) is 3.97. The quantitative estimate of drug-likeness (QED) is 0.595. The van der Waals surface area contributed by atoms with E-state index in [1.54, 1.807) is 12.1 Å². The van der Waals surface area contributed by atoms with Crippen molar-refractivity contribution < 1.29 is 19.0 Å². The van der Waals surface area contributed by atoms with Crippen LogP contribution in [-0.4, -0.2) is 25.5 Å². The fourth-order valence-electron chi connectivity index (χ4n) is 2.32. The van der Waals surface area contributed by atoms with Crippen LogP contribution < -0.4 is 4.74 Å². The molecule has 5 nitrogen and oxygen atoms in total. The largest absolute Gasteiger partial charge is 0.425 e. The summed E-state index contributed by atoms with van der Waals surface area (Å²) in [6, 6.07) is 9.28. The van der Waals surface area contributed by atoms with E-state index in [1.165, 1.54) is 0 Å². The van der Waals surface area contributed by atoms with Crippen LogP contribution in [0.1, 0.15) is 38.7 Å². The van der Waals surface area contributed by atoms with Gasteiger partial charge in [0.25, 0.3) is 0 Å². The number of nitriles is 1. The van der Waals surface area contributed by atoms with Crippen LogP contribution in [0.3, 0.4) is 0 Å². The van der Waals surface area contributed by atoms with Gasteiger partial charge in [0.05, 0.1) is 19.3 Å². The Hall–Kier alpha value is -1.90. The molecule has 1 aromatic carbocycles. The van der Waals surface area contributed by atoms with Crippen molar-refractivity contribution in [3.8, 4) is 11.8 Å². The molecular formula is C18H23NO4. The first-order valence-corrected chi connectivity index (χ1v) is 8.09. The van der Waals surface area contributed by atoms with E-state index in [0.29, 0.717) is 5.75 Å². The number of aryl methyl sites for hydroxylation is 1. The van der Waals surface area contributed by atoms with Crippen LogP contribution in [0.15, 0.2) is 24.3 Å². The van der Waals surface area contributed by atoms with E-state index in [9.17, 15) is 10.1 Å². The normalized spacial score (nSPS) is 24.0. The second kappa shape index (κ2) is 8.09. The highest BCUT2D eigenvalue weighted by atomic mass is 16.7. The minimum Gasteiger partial charge on any atom is -0.425 e. The molecule has 1 fully saturated rings. The average Bonchev–Trinajstić information content (AvgIpc) is 2.61. The summed E-state index contributed by atoms with van der Waals surface area (Å²) in [5.41, 5.74) is -0.241. The third kappa shape index (κ3) is 4.31. The van der Waals surface area contributed by atoms with Crippen molar-refractivity contribution in [1.82, 2.24) is 0 Å². The molecule has 0 bridgehead atoms. The van der Waals surface area contributed by atoms with Gasteiger partial charge in [-0.15, -0.1) is 0 Å². The highest BCUT2D eigenvalue weighted by Crippen LogP contribution is 2.28. The van der Waals surface area contributed by atoms with E-state index in [2.05, 4.69) is 13.8 Å². The Kier molecular flexibility index (Phi) is 6.14. The van der Waals surface area contributed by atoms with Crippen molar-refractivity contribution in [2.24, 2.45) is 5.41 Å². The van der Waals surface area contributed by atoms with Gasteiger partial charge in [0.2, 0.25) is 5.41 Å². The molecule has 0 unspecified atom stereocenters. The number of carbonyl (C=O) groups is 1. The molecule has 1 aliphatic heterocycles. The minimum atomic E-state index is -1.40. The number of carbonyl (C=O) groups excluding carboxylic acids is 1. The summed E-state index contributed by atoms with van der Waals surface area (Å²) >= 11 is 0. The van der Waals surface area contributed by atoms with Crippen molar-refractivity contribution in [3.05, 3.63) is 29.8 Å². The third-order valence-corrected chi connectivity index (χ3v) is 3.97. The van der Waals surface area contributed by atoms with Gasteiger partial charge in [0.15, 0.2) is 6.29 Å². The Bertz CT molecular complexity index is 553. The number of rotatable bonds is 6. The van der Waals surface area contributed by atoms with Gasteiger partial charge in [-0.1, -0.05) is 32.4 Å². The molecule has 5 heteroatoms. The first-order chi connectivity index (χ1) is 11.1. The number of hydrogen-bond donors (Lipinski definition) is 0. The Labute approximate surface area is 137 Å². The van der Waals surface area contributed by atoms with Gasteiger partial charge in [-0.3, -0.25) is 0 Å². The predicted octanol–water partition coefficient (Wildman–Crippen LogP) is 3.23. The summed E-state index contributed by atoms with van der Waals surface area (Å²) in [7, 11) is 0. The van der Waals surface area contributed by atoms with Crippen LogP contribution in [-0.2, 0) is 20.7 Å². The number of benzene rings is 1. The molecule has 0 aliphatic carbocycles. The Morgan fingerprint density at radius 1 is 1.30 bits per heavy atom. The van der Waals surface area contributed by atoms with Crippen molar-refractivity contribution in [1.29, 1.82) is 5.26 Å². The van der Waals surface area contributed by atoms with E-state index in [0.717, 1.165) is 31.2 Å². The molecule has 0 atom stereocenters. The summed E-state index contributed by atoms with van der Waals surface area (Å²) in [5.74, 6) is -0.201. The number of nitrogens with zero attached hydrogens (tertiary/aromatic N) is 1. The fourth-order valence-corrected chi connectivity index (χ4v) is 2.32. The highest BCUT2D eigenvalue weighted by Gasteiger charge is 2.46. The highest BCUT2D eigenvalue weighted by molar-refractivity contribution is 5.82. The predicted molar refractivity (Wildman–Crippen MR) is 84.7 cm³/mol. The first-order valence-electron chi connectivity index (χ1n) is 8.09. The van der Waals surface area contributed by atoms with E-state index in [4.69, 9.17) is 14.2 Å². The molecule has 0 radical (unpaired) electrons. The maximum absolute atomic E-state index is 12.4. The van der Waals surface area contributed by atoms with Crippen LogP contribution in [0.5, 0.6) is 5.75 Å². The number of hydrogen-bond acceptors (Lipinski definition) is 5. The molecule has 0 aromatic heterocycles. The van der Waals surface area contributed by atoms with Crippen molar-refractivity contribution >= 4 is 5.97 Å². The molecular weight excluding hydrogens is 294 g/mol. The molecule has 0 saturated carbocycles. The molecule has 1 heterocycles. The lowest BCUT2D eigenvalue weighted by Gasteiger charge is -2.33. The van der Waals surface area contributed by atoms with Gasteiger partial charge in [0.1, 0.15) is 5.75 Å². The van der Waals surface area contributed by atoms with E-state index >= 15 is 0 Å². The van der Waals surface area contributed by atoms with E-state index in [1.807, 2.05) is 18.2 Å². The SMILES string of the molecule is CCCC[C@H]1OC[C@@](C#N)(C(=O)Oc2ccc(CC)cc2)CO1. The summed E-state index contributed by atoms with van der Waals surface area (Å²) < 4.78 is 16.4. The topological polar surface area (TPSA) is 68.5 Å². The first kappa shape index (κ1) is 17.5. The summed E-state index contributed by atoms with van der Waals surface area (Å²) in [5, 5.41) is 9.42. The maximum atomic E-state index is 12.4. The zero-order valence-electron chi connectivity index (χ0n) is 13.7. The summed E-state index contributed by atoms with van der Waals surface area (Å²) in [4.78, 5) is 12.4. The number of unbranched alkanes of at least 4 members (excludes halogenated alkanes) is 1. The van der Waals surface area contributed by atoms with Crippen LogP contribution in [0.4, 0.5) is 0 Å². The molecule has 0 amide bonds. The molecule has 0 spiro atoms. The van der Waals surface area contributed by atoms with Gasteiger partial charge < -0.3 is 14.2 Å². The van der Waals surface area contributed by atoms with Crippen LogP contribution in [0, 0.1) is 16.7 Å². The Balaban J connectivity index is 1.97. The zero-order chi connectivity index (χ0) is 16.7. The molecule has 0 N–H and O–H groups in total. The zero-order valence-corrected chi connectivity index (χ0v) is 13.7.